The Hall–Kier alpha value is -0.0400. The van der Waals surface area contributed by atoms with Crippen LogP contribution in [0.4, 0.5) is 0 Å². The average Bonchev–Trinajstić information content (AvgIpc) is 2.17. The minimum atomic E-state index is 0.486. The van der Waals surface area contributed by atoms with Crippen molar-refractivity contribution in [3.63, 3.8) is 0 Å². The number of nitrogens with two attached hydrogens (primary N) is 1. The highest BCUT2D eigenvalue weighted by molar-refractivity contribution is 5.04. The maximum atomic E-state index is 5.70. The van der Waals surface area contributed by atoms with Crippen LogP contribution >= 0.6 is 0 Å². The summed E-state index contributed by atoms with van der Waals surface area (Å²) in [5.74, 6) is 0.762. The predicted octanol–water partition coefficient (Wildman–Crippen LogP) is 1.38. The summed E-state index contributed by atoms with van der Waals surface area (Å²) >= 11 is 0. The molecule has 0 aromatic carbocycles. The molecule has 1 rings (SSSR count). The van der Waals surface area contributed by atoms with Crippen LogP contribution in [0.1, 0.15) is 27.2 Å². The van der Waals surface area contributed by atoms with Gasteiger partial charge in [-0.15, -0.1) is 0 Å². The summed E-state index contributed by atoms with van der Waals surface area (Å²) in [6, 6.07) is 0.488. The molecule has 2 atom stereocenters. The maximum Gasteiger partial charge on any atom is 0.0102 e. The zero-order valence-corrected chi connectivity index (χ0v) is 5.94. The molecule has 0 bridgehead atoms. The molecule has 0 heterocycles. The molecular weight excluding hydrogens is 98.1 g/mol. The summed E-state index contributed by atoms with van der Waals surface area (Å²) in [6.07, 6.45) is 1.23. The maximum absolute atomic E-state index is 5.70. The summed E-state index contributed by atoms with van der Waals surface area (Å²) < 4.78 is 0. The van der Waals surface area contributed by atoms with Gasteiger partial charge in [0.15, 0.2) is 0 Å². The SMILES string of the molecule is CC(C)[C@@]1(C)C[C@H]1N. The summed E-state index contributed by atoms with van der Waals surface area (Å²) in [7, 11) is 0. The van der Waals surface area contributed by atoms with E-state index < -0.39 is 0 Å². The van der Waals surface area contributed by atoms with E-state index in [0.717, 1.165) is 5.92 Å². The van der Waals surface area contributed by atoms with Crippen LogP contribution in [0.15, 0.2) is 0 Å². The number of hydrogen-bond donors (Lipinski definition) is 1. The Morgan fingerprint density at radius 2 is 2.00 bits per heavy atom. The molecule has 0 unspecified atom stereocenters. The average molecular weight is 113 g/mol. The minimum absolute atomic E-state index is 0.486. The van der Waals surface area contributed by atoms with E-state index >= 15 is 0 Å². The van der Waals surface area contributed by atoms with Crippen molar-refractivity contribution in [1.82, 2.24) is 0 Å². The van der Waals surface area contributed by atoms with Gasteiger partial charge in [0, 0.05) is 6.04 Å². The fraction of sp³-hybridized carbons (Fsp3) is 1.00. The Balaban J connectivity index is 2.47. The number of rotatable bonds is 1. The van der Waals surface area contributed by atoms with Crippen LogP contribution < -0.4 is 5.73 Å². The predicted molar refractivity (Wildman–Crippen MR) is 35.5 cm³/mol. The van der Waals surface area contributed by atoms with Gasteiger partial charge in [0.1, 0.15) is 0 Å². The van der Waals surface area contributed by atoms with Gasteiger partial charge in [0.2, 0.25) is 0 Å². The van der Waals surface area contributed by atoms with Gasteiger partial charge in [0.05, 0.1) is 0 Å². The Morgan fingerprint density at radius 3 is 2.00 bits per heavy atom. The minimum Gasteiger partial charge on any atom is -0.327 e. The highest BCUT2D eigenvalue weighted by atomic mass is 14.8. The van der Waals surface area contributed by atoms with Crippen molar-refractivity contribution in [2.45, 2.75) is 33.2 Å². The first-order chi connectivity index (χ1) is 3.57. The molecule has 1 fully saturated rings. The summed E-state index contributed by atoms with van der Waals surface area (Å²) in [4.78, 5) is 0. The van der Waals surface area contributed by atoms with Crippen LogP contribution in [0.3, 0.4) is 0 Å². The van der Waals surface area contributed by atoms with Crippen molar-refractivity contribution in [1.29, 1.82) is 0 Å². The van der Waals surface area contributed by atoms with Crippen LogP contribution in [0, 0.1) is 11.3 Å². The van der Waals surface area contributed by atoms with E-state index in [1.165, 1.54) is 6.42 Å². The third-order valence-corrected chi connectivity index (χ3v) is 2.67. The molecule has 0 radical (unpaired) electrons. The first-order valence-corrected chi connectivity index (χ1v) is 3.33. The van der Waals surface area contributed by atoms with E-state index in [2.05, 4.69) is 20.8 Å². The molecule has 1 aliphatic rings. The first kappa shape index (κ1) is 6.09. The molecule has 8 heavy (non-hydrogen) atoms. The fourth-order valence-electron chi connectivity index (χ4n) is 1.08. The molecule has 0 amide bonds. The monoisotopic (exact) mass is 113 g/mol. The molecular formula is C7H15N. The largest absolute Gasteiger partial charge is 0.327 e. The molecule has 48 valence electrons. The topological polar surface area (TPSA) is 26.0 Å². The van der Waals surface area contributed by atoms with Gasteiger partial charge in [-0.05, 0) is 17.8 Å². The smallest absolute Gasteiger partial charge is 0.0102 e. The lowest BCUT2D eigenvalue weighted by atomic mass is 9.94. The fourth-order valence-corrected chi connectivity index (χ4v) is 1.08. The van der Waals surface area contributed by atoms with Gasteiger partial charge in [0.25, 0.3) is 0 Å². The molecule has 0 aromatic rings. The Labute approximate surface area is 51.3 Å². The van der Waals surface area contributed by atoms with Crippen LogP contribution in [0.5, 0.6) is 0 Å². The molecule has 0 aromatic heterocycles. The first-order valence-electron chi connectivity index (χ1n) is 3.33. The lowest BCUT2D eigenvalue weighted by molar-refractivity contribution is 0.382. The number of hydrogen-bond acceptors (Lipinski definition) is 1. The second kappa shape index (κ2) is 1.47. The van der Waals surface area contributed by atoms with Gasteiger partial charge in [-0.25, -0.2) is 0 Å². The summed E-state index contributed by atoms with van der Waals surface area (Å²) in [6.45, 7) is 6.75. The normalized spacial score (nSPS) is 45.4. The zero-order chi connectivity index (χ0) is 6.36. The van der Waals surface area contributed by atoms with Gasteiger partial charge < -0.3 is 5.73 Å². The highest BCUT2D eigenvalue weighted by Gasteiger charge is 2.49. The second-order valence-electron chi connectivity index (χ2n) is 3.47. The molecule has 0 saturated heterocycles. The van der Waals surface area contributed by atoms with Crippen molar-refractivity contribution in [3.05, 3.63) is 0 Å². The van der Waals surface area contributed by atoms with Crippen LogP contribution in [-0.4, -0.2) is 6.04 Å². The van der Waals surface area contributed by atoms with Crippen LogP contribution in [0.25, 0.3) is 0 Å². The van der Waals surface area contributed by atoms with E-state index in [1.807, 2.05) is 0 Å². The zero-order valence-electron chi connectivity index (χ0n) is 5.94. The van der Waals surface area contributed by atoms with Gasteiger partial charge >= 0.3 is 0 Å². The Morgan fingerprint density at radius 1 is 1.62 bits per heavy atom. The van der Waals surface area contributed by atoms with Crippen molar-refractivity contribution < 1.29 is 0 Å². The Bertz CT molecular complexity index is 98.6. The van der Waals surface area contributed by atoms with Crippen LogP contribution in [-0.2, 0) is 0 Å². The molecule has 2 N–H and O–H groups in total. The van der Waals surface area contributed by atoms with Gasteiger partial charge in [-0.1, -0.05) is 20.8 Å². The lowest BCUT2D eigenvalue weighted by Crippen LogP contribution is -2.15. The molecule has 1 saturated carbocycles. The van der Waals surface area contributed by atoms with Crippen molar-refractivity contribution in [3.8, 4) is 0 Å². The van der Waals surface area contributed by atoms with E-state index in [4.69, 9.17) is 5.73 Å². The van der Waals surface area contributed by atoms with Gasteiger partial charge in [-0.3, -0.25) is 0 Å². The standard InChI is InChI=1S/C7H15N/c1-5(2)7(3)4-6(7)8/h5-6H,4,8H2,1-3H3/t6-,7-/m1/s1. The molecule has 0 aliphatic heterocycles. The quantitative estimate of drug-likeness (QED) is 0.546. The molecule has 1 heteroatoms. The molecule has 0 spiro atoms. The lowest BCUT2D eigenvalue weighted by Gasteiger charge is -2.12. The van der Waals surface area contributed by atoms with Crippen molar-refractivity contribution in [2.75, 3.05) is 0 Å². The van der Waals surface area contributed by atoms with Crippen molar-refractivity contribution in [2.24, 2.45) is 17.1 Å². The molecule has 1 aliphatic carbocycles. The second-order valence-corrected chi connectivity index (χ2v) is 3.47. The summed E-state index contributed by atoms with van der Waals surface area (Å²) in [5.41, 5.74) is 6.19. The van der Waals surface area contributed by atoms with E-state index in [1.54, 1.807) is 0 Å². The summed E-state index contributed by atoms with van der Waals surface area (Å²) in [5, 5.41) is 0. The van der Waals surface area contributed by atoms with E-state index in [9.17, 15) is 0 Å². The van der Waals surface area contributed by atoms with E-state index in [0.29, 0.717) is 11.5 Å². The van der Waals surface area contributed by atoms with Gasteiger partial charge in [-0.2, -0.15) is 0 Å². The van der Waals surface area contributed by atoms with Crippen molar-refractivity contribution >= 4 is 0 Å². The third-order valence-electron chi connectivity index (χ3n) is 2.67. The highest BCUT2D eigenvalue weighted by Crippen LogP contribution is 2.49. The van der Waals surface area contributed by atoms with Crippen LogP contribution in [0.2, 0.25) is 0 Å². The van der Waals surface area contributed by atoms with E-state index in [-0.39, 0.29) is 0 Å². The molecule has 1 nitrogen and oxygen atoms in total. The third kappa shape index (κ3) is 0.655. The Kier molecular flexibility index (Phi) is 1.12.